The molecule has 13 heteroatoms. The van der Waals surface area contributed by atoms with Crippen molar-refractivity contribution in [3.63, 3.8) is 0 Å². The van der Waals surface area contributed by atoms with Crippen LogP contribution in [0.2, 0.25) is 15.1 Å². The second-order valence-electron chi connectivity index (χ2n) is 8.29. The Bertz CT molecular complexity index is 1190. The molecule has 2 aromatic carbocycles. The first kappa shape index (κ1) is 31.6. The summed E-state index contributed by atoms with van der Waals surface area (Å²) in [5.41, 5.74) is -0.700. The number of allylic oxidation sites excluding steroid dienone is 1. The van der Waals surface area contributed by atoms with Gasteiger partial charge in [0, 0.05) is 28.4 Å². The molecule has 0 aliphatic carbocycles. The maximum Gasteiger partial charge on any atom is 0.399 e. The molecule has 202 valence electrons. The standard InChI is InChI=1S/C24H17BrCl3F7O2/c1-11(4-14(36)10-23(30,31)32)5-21(37)15-3-2-12(6-17(15)25)20(29)9-16(24(33,34)35)13-7-18(26)22(28)19(27)8-13/h2-3,6-9,11,16H,4-5,10H2,1H3/b20-9-/t11-,16?/m1/s1. The Morgan fingerprint density at radius 3 is 2.03 bits per heavy atom. The minimum atomic E-state index is -4.91. The van der Waals surface area contributed by atoms with Crippen molar-refractivity contribution < 1.29 is 40.3 Å². The maximum absolute atomic E-state index is 14.9. The normalized spacial score (nSPS) is 14.4. The van der Waals surface area contributed by atoms with Gasteiger partial charge in [-0.15, -0.1) is 0 Å². The summed E-state index contributed by atoms with van der Waals surface area (Å²) in [4.78, 5) is 24.1. The van der Waals surface area contributed by atoms with Gasteiger partial charge in [0.25, 0.3) is 0 Å². The van der Waals surface area contributed by atoms with Crippen LogP contribution in [-0.2, 0) is 4.79 Å². The number of ketones is 2. The van der Waals surface area contributed by atoms with Crippen molar-refractivity contribution in [2.24, 2.45) is 5.92 Å². The summed E-state index contributed by atoms with van der Waals surface area (Å²) in [6, 6.07) is 5.19. The van der Waals surface area contributed by atoms with Crippen LogP contribution in [0.4, 0.5) is 30.7 Å². The highest BCUT2D eigenvalue weighted by Crippen LogP contribution is 2.42. The van der Waals surface area contributed by atoms with Crippen LogP contribution < -0.4 is 0 Å². The molecule has 2 atom stereocenters. The maximum atomic E-state index is 14.9. The van der Waals surface area contributed by atoms with Crippen LogP contribution >= 0.6 is 50.7 Å². The van der Waals surface area contributed by atoms with Gasteiger partial charge < -0.3 is 0 Å². The Labute approximate surface area is 230 Å². The van der Waals surface area contributed by atoms with Crippen molar-refractivity contribution in [2.75, 3.05) is 0 Å². The molecule has 0 saturated carbocycles. The van der Waals surface area contributed by atoms with Gasteiger partial charge in [-0.2, -0.15) is 26.3 Å². The van der Waals surface area contributed by atoms with E-state index in [0.717, 1.165) is 30.3 Å². The van der Waals surface area contributed by atoms with Gasteiger partial charge in [-0.3, -0.25) is 9.59 Å². The first-order chi connectivity index (χ1) is 16.9. The average molecular weight is 657 g/mol. The van der Waals surface area contributed by atoms with Gasteiger partial charge >= 0.3 is 12.4 Å². The molecule has 0 saturated heterocycles. The fourth-order valence-electron chi connectivity index (χ4n) is 3.45. The summed E-state index contributed by atoms with van der Waals surface area (Å²) in [5, 5.41) is -0.639. The SMILES string of the molecule is C[C@H](CC(=O)CC(F)(F)F)CC(=O)c1ccc(/C(F)=C/C(c2cc(Cl)c(Cl)c(Cl)c2)C(F)(F)F)cc1Br. The van der Waals surface area contributed by atoms with Crippen molar-refractivity contribution in [3.8, 4) is 0 Å². The van der Waals surface area contributed by atoms with Gasteiger partial charge in [0.15, 0.2) is 5.78 Å². The van der Waals surface area contributed by atoms with E-state index in [1.54, 1.807) is 0 Å². The summed E-state index contributed by atoms with van der Waals surface area (Å²) in [7, 11) is 0. The fraction of sp³-hybridized carbons (Fsp3) is 0.333. The minimum Gasteiger partial charge on any atom is -0.299 e. The van der Waals surface area contributed by atoms with E-state index < -0.39 is 60.0 Å². The highest BCUT2D eigenvalue weighted by Gasteiger charge is 2.40. The topological polar surface area (TPSA) is 34.1 Å². The Morgan fingerprint density at radius 2 is 1.54 bits per heavy atom. The van der Waals surface area contributed by atoms with E-state index in [-0.39, 0.29) is 37.1 Å². The summed E-state index contributed by atoms with van der Waals surface area (Å²) < 4.78 is 93.1. The van der Waals surface area contributed by atoms with E-state index in [4.69, 9.17) is 34.8 Å². The van der Waals surface area contributed by atoms with Crippen LogP contribution in [-0.4, -0.2) is 23.9 Å². The lowest BCUT2D eigenvalue weighted by Gasteiger charge is -2.19. The molecule has 0 heterocycles. The number of hydrogen-bond donors (Lipinski definition) is 0. The van der Waals surface area contributed by atoms with Gasteiger partial charge in [-0.25, -0.2) is 4.39 Å². The largest absolute Gasteiger partial charge is 0.399 e. The van der Waals surface area contributed by atoms with Crippen LogP contribution in [0, 0.1) is 5.92 Å². The molecular formula is C24H17BrCl3F7O2. The van der Waals surface area contributed by atoms with Gasteiger partial charge in [0.2, 0.25) is 0 Å². The highest BCUT2D eigenvalue weighted by atomic mass is 79.9. The molecule has 0 spiro atoms. The first-order valence-electron chi connectivity index (χ1n) is 10.4. The van der Waals surface area contributed by atoms with Crippen LogP contribution in [0.15, 0.2) is 40.9 Å². The Kier molecular flexibility index (Phi) is 10.7. The number of hydrogen-bond acceptors (Lipinski definition) is 2. The molecule has 0 N–H and O–H groups in total. The fourth-order valence-corrected chi connectivity index (χ4v) is 4.66. The third kappa shape index (κ3) is 9.26. The molecule has 0 aromatic heterocycles. The molecule has 0 fully saturated rings. The van der Waals surface area contributed by atoms with E-state index in [1.165, 1.54) is 6.92 Å². The molecule has 0 aliphatic heterocycles. The highest BCUT2D eigenvalue weighted by molar-refractivity contribution is 9.10. The zero-order valence-electron chi connectivity index (χ0n) is 18.7. The van der Waals surface area contributed by atoms with Crippen LogP contribution in [0.25, 0.3) is 5.83 Å². The van der Waals surface area contributed by atoms with E-state index in [1.807, 2.05) is 0 Å². The zero-order chi connectivity index (χ0) is 28.3. The molecule has 2 rings (SSSR count). The second kappa shape index (κ2) is 12.5. The summed E-state index contributed by atoms with van der Waals surface area (Å²) in [6.07, 6.45) is -11.6. The number of carbonyl (C=O) groups excluding carboxylic acids is 2. The Balaban J connectivity index is 2.26. The average Bonchev–Trinajstić information content (AvgIpc) is 2.72. The number of alkyl halides is 6. The Morgan fingerprint density at radius 1 is 0.973 bits per heavy atom. The summed E-state index contributed by atoms with van der Waals surface area (Å²) in [5.74, 6) is -5.98. The van der Waals surface area contributed by atoms with Crippen LogP contribution in [0.1, 0.15) is 53.6 Å². The number of Topliss-reactive ketones (excluding diaryl/α,β-unsaturated/α-hetero) is 2. The van der Waals surface area contributed by atoms with E-state index in [0.29, 0.717) is 6.08 Å². The zero-order valence-corrected chi connectivity index (χ0v) is 22.6. The lowest BCUT2D eigenvalue weighted by molar-refractivity contribution is -0.152. The molecule has 0 bridgehead atoms. The van der Waals surface area contributed by atoms with E-state index in [9.17, 15) is 40.3 Å². The van der Waals surface area contributed by atoms with Crippen molar-refractivity contribution in [1.29, 1.82) is 0 Å². The molecule has 1 unspecified atom stereocenters. The van der Waals surface area contributed by atoms with Crippen molar-refractivity contribution in [3.05, 3.63) is 72.6 Å². The van der Waals surface area contributed by atoms with Gasteiger partial charge in [0.1, 0.15) is 23.9 Å². The van der Waals surface area contributed by atoms with Crippen molar-refractivity contribution in [1.82, 2.24) is 0 Å². The van der Waals surface area contributed by atoms with Gasteiger partial charge in [-0.05, 0) is 41.8 Å². The van der Waals surface area contributed by atoms with Crippen LogP contribution in [0.3, 0.4) is 0 Å². The van der Waals surface area contributed by atoms with E-state index >= 15 is 0 Å². The predicted octanol–water partition coefficient (Wildman–Crippen LogP) is 10.2. The van der Waals surface area contributed by atoms with Gasteiger partial charge in [0.05, 0.1) is 15.1 Å². The lowest BCUT2D eigenvalue weighted by Crippen LogP contribution is -2.19. The lowest BCUT2D eigenvalue weighted by atomic mass is 9.93. The smallest absolute Gasteiger partial charge is 0.299 e. The molecule has 37 heavy (non-hydrogen) atoms. The summed E-state index contributed by atoms with van der Waals surface area (Å²) in [6.45, 7) is 1.43. The number of carbonyl (C=O) groups is 2. The second-order valence-corrected chi connectivity index (χ2v) is 10.3. The van der Waals surface area contributed by atoms with Crippen LogP contribution in [0.5, 0.6) is 0 Å². The molecule has 0 aliphatic rings. The number of halogens is 11. The minimum absolute atomic E-state index is 0.0234. The molecule has 2 nitrogen and oxygen atoms in total. The van der Waals surface area contributed by atoms with Gasteiger partial charge in [-0.1, -0.05) is 63.7 Å². The monoisotopic (exact) mass is 654 g/mol. The third-order valence-electron chi connectivity index (χ3n) is 5.08. The molecule has 0 amide bonds. The molecular weight excluding hydrogens is 640 g/mol. The quantitative estimate of drug-likeness (QED) is 0.153. The first-order valence-corrected chi connectivity index (χ1v) is 12.3. The number of rotatable bonds is 9. The van der Waals surface area contributed by atoms with E-state index in [2.05, 4.69) is 15.9 Å². The van der Waals surface area contributed by atoms with Crippen molar-refractivity contribution >= 4 is 68.1 Å². The number of benzene rings is 2. The third-order valence-corrected chi connectivity index (χ3v) is 6.94. The predicted molar refractivity (Wildman–Crippen MR) is 132 cm³/mol. The molecule has 0 radical (unpaired) electrons. The van der Waals surface area contributed by atoms with Crippen molar-refractivity contribution in [2.45, 2.75) is 44.5 Å². The Hall–Kier alpha value is -1.62. The summed E-state index contributed by atoms with van der Waals surface area (Å²) >= 11 is 20.5. The molecule has 2 aromatic rings.